The highest BCUT2D eigenvalue weighted by Crippen LogP contribution is 2.24. The van der Waals surface area contributed by atoms with Gasteiger partial charge in [0.2, 0.25) is 0 Å². The molecule has 0 atom stereocenters. The number of carbonyl (C=O) groups is 1. The van der Waals surface area contributed by atoms with Crippen molar-refractivity contribution in [3.8, 4) is 0 Å². The Morgan fingerprint density at radius 1 is 0.897 bits per heavy atom. The fourth-order valence-corrected chi connectivity index (χ4v) is 4.37. The van der Waals surface area contributed by atoms with Crippen LogP contribution in [0.3, 0.4) is 0 Å². The van der Waals surface area contributed by atoms with Gasteiger partial charge in [-0.25, -0.2) is 8.42 Å². The van der Waals surface area contributed by atoms with Crippen molar-refractivity contribution < 1.29 is 13.2 Å². The molecule has 0 aliphatic carbocycles. The summed E-state index contributed by atoms with van der Waals surface area (Å²) in [5.74, 6) is -0.414. The van der Waals surface area contributed by atoms with E-state index in [0.29, 0.717) is 22.0 Å². The molecule has 0 aliphatic rings. The third-order valence-corrected chi connectivity index (χ3v) is 6.22. The van der Waals surface area contributed by atoms with Crippen LogP contribution in [-0.2, 0) is 10.0 Å². The maximum absolute atomic E-state index is 12.9. The fraction of sp³-hybridized carbons (Fsp3) is 0.136. The minimum Gasteiger partial charge on any atom is -0.322 e. The van der Waals surface area contributed by atoms with Gasteiger partial charge in [-0.05, 0) is 73.9 Å². The zero-order valence-electron chi connectivity index (χ0n) is 16.3. The average molecular weight is 429 g/mol. The molecule has 0 aliphatic heterocycles. The van der Waals surface area contributed by atoms with E-state index in [-0.39, 0.29) is 10.5 Å². The SMILES string of the molecule is Cc1cccc(NS(=O)(=O)c2cc(C(=O)Nc3cc(Cl)ccc3C)ccc2C)c1. The normalized spacial score (nSPS) is 11.2. The summed E-state index contributed by atoms with van der Waals surface area (Å²) in [5, 5.41) is 3.28. The van der Waals surface area contributed by atoms with Crippen molar-refractivity contribution in [1.82, 2.24) is 0 Å². The van der Waals surface area contributed by atoms with E-state index in [4.69, 9.17) is 11.6 Å². The summed E-state index contributed by atoms with van der Waals surface area (Å²) in [6, 6.07) is 16.9. The minimum atomic E-state index is -3.86. The smallest absolute Gasteiger partial charge is 0.262 e. The fourth-order valence-electron chi connectivity index (χ4n) is 2.87. The highest BCUT2D eigenvalue weighted by atomic mass is 35.5. The lowest BCUT2D eigenvalue weighted by Gasteiger charge is -2.13. The Morgan fingerprint density at radius 3 is 2.34 bits per heavy atom. The van der Waals surface area contributed by atoms with E-state index >= 15 is 0 Å². The number of hydrogen-bond acceptors (Lipinski definition) is 3. The van der Waals surface area contributed by atoms with Gasteiger partial charge in [0.1, 0.15) is 0 Å². The number of anilines is 2. The molecule has 150 valence electrons. The molecule has 0 radical (unpaired) electrons. The van der Waals surface area contributed by atoms with Gasteiger partial charge in [0.15, 0.2) is 0 Å². The van der Waals surface area contributed by atoms with Gasteiger partial charge >= 0.3 is 0 Å². The summed E-state index contributed by atoms with van der Waals surface area (Å²) in [4.78, 5) is 12.8. The zero-order chi connectivity index (χ0) is 21.2. The molecule has 0 bridgehead atoms. The molecule has 0 saturated carbocycles. The summed E-state index contributed by atoms with van der Waals surface area (Å²) in [6.45, 7) is 5.42. The summed E-state index contributed by atoms with van der Waals surface area (Å²) in [6.07, 6.45) is 0. The van der Waals surface area contributed by atoms with Crippen molar-refractivity contribution >= 4 is 38.9 Å². The van der Waals surface area contributed by atoms with E-state index in [2.05, 4.69) is 10.0 Å². The van der Waals surface area contributed by atoms with E-state index in [1.165, 1.54) is 6.07 Å². The van der Waals surface area contributed by atoms with Crippen LogP contribution in [-0.4, -0.2) is 14.3 Å². The van der Waals surface area contributed by atoms with E-state index in [1.54, 1.807) is 55.5 Å². The standard InChI is InChI=1S/C22H21ClN2O3S/c1-14-5-4-6-19(11-14)25-29(27,28)21-12-17(9-7-16(21)3)22(26)24-20-13-18(23)10-8-15(20)2/h4-13,25H,1-3H3,(H,24,26). The van der Waals surface area contributed by atoms with Crippen LogP contribution in [0.15, 0.2) is 65.6 Å². The molecular formula is C22H21ClN2O3S. The summed E-state index contributed by atoms with van der Waals surface area (Å²) in [7, 11) is -3.86. The molecule has 3 aromatic carbocycles. The number of halogens is 1. The van der Waals surface area contributed by atoms with Crippen molar-refractivity contribution in [3.05, 3.63) is 87.9 Å². The molecule has 0 heterocycles. The van der Waals surface area contributed by atoms with Crippen LogP contribution in [0, 0.1) is 20.8 Å². The van der Waals surface area contributed by atoms with Gasteiger partial charge in [-0.1, -0.05) is 35.9 Å². The number of aryl methyl sites for hydroxylation is 3. The lowest BCUT2D eigenvalue weighted by atomic mass is 10.1. The number of amides is 1. The minimum absolute atomic E-state index is 0.0504. The van der Waals surface area contributed by atoms with Gasteiger partial charge < -0.3 is 5.32 Å². The van der Waals surface area contributed by atoms with Crippen LogP contribution in [0.2, 0.25) is 5.02 Å². The van der Waals surface area contributed by atoms with E-state index in [1.807, 2.05) is 19.9 Å². The van der Waals surface area contributed by atoms with Crippen molar-refractivity contribution in [1.29, 1.82) is 0 Å². The van der Waals surface area contributed by atoms with Crippen LogP contribution in [0.5, 0.6) is 0 Å². The predicted molar refractivity (Wildman–Crippen MR) is 117 cm³/mol. The van der Waals surface area contributed by atoms with Gasteiger partial charge in [0.25, 0.3) is 15.9 Å². The highest BCUT2D eigenvalue weighted by Gasteiger charge is 2.20. The second-order valence-electron chi connectivity index (χ2n) is 6.87. The number of nitrogens with one attached hydrogen (secondary N) is 2. The van der Waals surface area contributed by atoms with Gasteiger partial charge in [-0.3, -0.25) is 9.52 Å². The Labute approximate surface area is 175 Å². The van der Waals surface area contributed by atoms with Crippen LogP contribution in [0.1, 0.15) is 27.0 Å². The number of benzene rings is 3. The Hall–Kier alpha value is -2.83. The zero-order valence-corrected chi connectivity index (χ0v) is 17.9. The molecule has 0 unspecified atom stereocenters. The molecule has 0 aromatic heterocycles. The first-order valence-corrected chi connectivity index (χ1v) is 10.8. The Morgan fingerprint density at radius 2 is 1.62 bits per heavy atom. The quantitative estimate of drug-likeness (QED) is 0.577. The monoisotopic (exact) mass is 428 g/mol. The van der Waals surface area contributed by atoms with Crippen molar-refractivity contribution in [2.24, 2.45) is 0 Å². The molecule has 0 fully saturated rings. The van der Waals surface area contributed by atoms with Gasteiger partial charge in [-0.2, -0.15) is 0 Å². The van der Waals surface area contributed by atoms with Crippen molar-refractivity contribution in [2.75, 3.05) is 10.0 Å². The Bertz CT molecular complexity index is 1190. The maximum atomic E-state index is 12.9. The van der Waals surface area contributed by atoms with E-state index < -0.39 is 15.9 Å². The molecular weight excluding hydrogens is 408 g/mol. The van der Waals surface area contributed by atoms with Crippen molar-refractivity contribution in [3.63, 3.8) is 0 Å². The number of rotatable bonds is 5. The van der Waals surface area contributed by atoms with Crippen LogP contribution < -0.4 is 10.0 Å². The van der Waals surface area contributed by atoms with Crippen LogP contribution >= 0.6 is 11.6 Å². The molecule has 2 N–H and O–H groups in total. The molecule has 0 saturated heterocycles. The van der Waals surface area contributed by atoms with Gasteiger partial charge in [0, 0.05) is 22.0 Å². The van der Waals surface area contributed by atoms with E-state index in [9.17, 15) is 13.2 Å². The predicted octanol–water partition coefficient (Wildman–Crippen LogP) is 5.32. The lowest BCUT2D eigenvalue weighted by molar-refractivity contribution is 0.102. The molecule has 7 heteroatoms. The molecule has 0 spiro atoms. The lowest BCUT2D eigenvalue weighted by Crippen LogP contribution is -2.17. The number of sulfonamides is 1. The molecule has 3 aromatic rings. The number of carbonyl (C=O) groups excluding carboxylic acids is 1. The average Bonchev–Trinajstić information content (AvgIpc) is 2.64. The maximum Gasteiger partial charge on any atom is 0.262 e. The molecule has 29 heavy (non-hydrogen) atoms. The third-order valence-electron chi connectivity index (χ3n) is 4.46. The summed E-state index contributed by atoms with van der Waals surface area (Å²) >= 11 is 6.00. The van der Waals surface area contributed by atoms with Crippen molar-refractivity contribution in [2.45, 2.75) is 25.7 Å². The first-order chi connectivity index (χ1) is 13.7. The topological polar surface area (TPSA) is 75.3 Å². The summed E-state index contributed by atoms with van der Waals surface area (Å²) in [5.41, 5.74) is 3.61. The Kier molecular flexibility index (Phi) is 5.96. The van der Waals surface area contributed by atoms with Crippen LogP contribution in [0.25, 0.3) is 0 Å². The van der Waals surface area contributed by atoms with Gasteiger partial charge in [-0.15, -0.1) is 0 Å². The van der Waals surface area contributed by atoms with Gasteiger partial charge in [0.05, 0.1) is 4.90 Å². The highest BCUT2D eigenvalue weighted by molar-refractivity contribution is 7.92. The second kappa shape index (κ2) is 8.27. The largest absolute Gasteiger partial charge is 0.322 e. The third kappa shape index (κ3) is 4.96. The summed E-state index contributed by atoms with van der Waals surface area (Å²) < 4.78 is 28.4. The molecule has 3 rings (SSSR count). The number of hydrogen-bond donors (Lipinski definition) is 2. The van der Waals surface area contributed by atoms with E-state index in [0.717, 1.165) is 11.1 Å². The first-order valence-electron chi connectivity index (χ1n) is 8.93. The molecule has 5 nitrogen and oxygen atoms in total. The Balaban J connectivity index is 1.91. The second-order valence-corrected chi connectivity index (χ2v) is 8.96. The first kappa shape index (κ1) is 20.9. The van der Waals surface area contributed by atoms with Crippen LogP contribution in [0.4, 0.5) is 11.4 Å². The molecule has 1 amide bonds.